The Bertz CT molecular complexity index is 741. The van der Waals surface area contributed by atoms with Crippen molar-refractivity contribution in [1.82, 2.24) is 15.5 Å². The molecule has 132 valence electrons. The van der Waals surface area contributed by atoms with Gasteiger partial charge in [0.25, 0.3) is 5.91 Å². The summed E-state index contributed by atoms with van der Waals surface area (Å²) in [7, 11) is 5.11. The van der Waals surface area contributed by atoms with Gasteiger partial charge in [0.15, 0.2) is 5.96 Å². The number of carbonyl (C=O) groups is 1. The highest BCUT2D eigenvalue weighted by Crippen LogP contribution is 2.07. The standard InChI is InChI=1S/C19H23FN4O/c1-21-19(23-13-16-6-4-5-7-17(16)20)22-12-14-8-10-15(11-9-14)18(25)24(2)3/h4-11H,12-13H2,1-3H3,(H2,21,22,23). The minimum atomic E-state index is -0.244. The molecule has 2 N–H and O–H groups in total. The number of hydrogen-bond acceptors (Lipinski definition) is 2. The zero-order chi connectivity index (χ0) is 18.2. The molecule has 6 heteroatoms. The Morgan fingerprint density at radius 3 is 2.28 bits per heavy atom. The molecule has 2 aromatic rings. The number of rotatable bonds is 5. The quantitative estimate of drug-likeness (QED) is 0.648. The molecule has 2 rings (SSSR count). The first kappa shape index (κ1) is 18.4. The van der Waals surface area contributed by atoms with Gasteiger partial charge in [-0.1, -0.05) is 30.3 Å². The van der Waals surface area contributed by atoms with Gasteiger partial charge in [-0.05, 0) is 23.8 Å². The number of amides is 1. The first-order valence-electron chi connectivity index (χ1n) is 7.99. The highest BCUT2D eigenvalue weighted by molar-refractivity contribution is 5.93. The maximum Gasteiger partial charge on any atom is 0.253 e. The summed E-state index contributed by atoms with van der Waals surface area (Å²) in [5.41, 5.74) is 2.25. The molecule has 5 nitrogen and oxygen atoms in total. The van der Waals surface area contributed by atoms with E-state index in [4.69, 9.17) is 0 Å². The van der Waals surface area contributed by atoms with Crippen LogP contribution in [0.3, 0.4) is 0 Å². The van der Waals surface area contributed by atoms with Crippen LogP contribution in [0.4, 0.5) is 4.39 Å². The van der Waals surface area contributed by atoms with E-state index in [0.29, 0.717) is 30.2 Å². The molecule has 0 saturated carbocycles. The van der Waals surface area contributed by atoms with Gasteiger partial charge >= 0.3 is 0 Å². The van der Waals surface area contributed by atoms with Gasteiger partial charge in [-0.15, -0.1) is 0 Å². The van der Waals surface area contributed by atoms with Crippen molar-refractivity contribution in [3.8, 4) is 0 Å². The highest BCUT2D eigenvalue weighted by atomic mass is 19.1. The van der Waals surface area contributed by atoms with Crippen LogP contribution in [-0.4, -0.2) is 37.9 Å². The summed E-state index contributed by atoms with van der Waals surface area (Å²) in [6.45, 7) is 0.899. The lowest BCUT2D eigenvalue weighted by Crippen LogP contribution is -2.36. The van der Waals surface area contributed by atoms with Gasteiger partial charge in [0, 0.05) is 45.4 Å². The molecule has 2 aromatic carbocycles. The number of carbonyl (C=O) groups excluding carboxylic acids is 1. The minimum Gasteiger partial charge on any atom is -0.352 e. The molecule has 0 unspecified atom stereocenters. The SMILES string of the molecule is CN=C(NCc1ccc(C(=O)N(C)C)cc1)NCc1ccccc1F. The third kappa shape index (κ3) is 5.31. The van der Waals surface area contributed by atoms with Crippen molar-refractivity contribution in [3.05, 3.63) is 71.0 Å². The summed E-state index contributed by atoms with van der Waals surface area (Å²) in [4.78, 5) is 17.5. The Morgan fingerprint density at radius 2 is 1.68 bits per heavy atom. The van der Waals surface area contributed by atoms with E-state index in [9.17, 15) is 9.18 Å². The van der Waals surface area contributed by atoms with Gasteiger partial charge in [0.2, 0.25) is 0 Å². The summed E-state index contributed by atoms with van der Waals surface area (Å²) >= 11 is 0. The second-order valence-electron chi connectivity index (χ2n) is 5.77. The number of nitrogens with zero attached hydrogens (tertiary/aromatic N) is 2. The molecule has 0 radical (unpaired) electrons. The van der Waals surface area contributed by atoms with Crippen LogP contribution in [0.5, 0.6) is 0 Å². The van der Waals surface area contributed by atoms with Crippen molar-refractivity contribution in [1.29, 1.82) is 0 Å². The van der Waals surface area contributed by atoms with Crippen molar-refractivity contribution < 1.29 is 9.18 Å². The largest absolute Gasteiger partial charge is 0.352 e. The van der Waals surface area contributed by atoms with E-state index in [1.807, 2.05) is 12.1 Å². The fraction of sp³-hybridized carbons (Fsp3) is 0.263. The molecule has 0 spiro atoms. The Hall–Kier alpha value is -2.89. The van der Waals surface area contributed by atoms with Crippen molar-refractivity contribution in [2.24, 2.45) is 4.99 Å². The van der Waals surface area contributed by atoms with Crippen LogP contribution >= 0.6 is 0 Å². The van der Waals surface area contributed by atoms with Crippen molar-refractivity contribution in [2.45, 2.75) is 13.1 Å². The van der Waals surface area contributed by atoms with Crippen LogP contribution < -0.4 is 10.6 Å². The molecule has 0 heterocycles. The van der Waals surface area contributed by atoms with Crippen molar-refractivity contribution in [2.75, 3.05) is 21.1 Å². The van der Waals surface area contributed by atoms with E-state index in [0.717, 1.165) is 5.56 Å². The molecule has 25 heavy (non-hydrogen) atoms. The minimum absolute atomic E-state index is 0.0260. The van der Waals surface area contributed by atoms with Gasteiger partial charge in [-0.25, -0.2) is 4.39 Å². The van der Waals surface area contributed by atoms with Gasteiger partial charge in [-0.2, -0.15) is 0 Å². The van der Waals surface area contributed by atoms with Gasteiger partial charge in [-0.3, -0.25) is 9.79 Å². The predicted molar refractivity (Wildman–Crippen MR) is 97.9 cm³/mol. The maximum atomic E-state index is 13.6. The summed E-state index contributed by atoms with van der Waals surface area (Å²) in [5.74, 6) is 0.310. The molecule has 1 amide bonds. The molecule has 0 aliphatic carbocycles. The number of guanidine groups is 1. The van der Waals surface area contributed by atoms with Crippen LogP contribution in [0.2, 0.25) is 0 Å². The van der Waals surface area contributed by atoms with Gasteiger partial charge in [0.05, 0.1) is 0 Å². The summed E-state index contributed by atoms with van der Waals surface area (Å²) in [6.07, 6.45) is 0. The Morgan fingerprint density at radius 1 is 1.04 bits per heavy atom. The molecule has 0 aliphatic heterocycles. The van der Waals surface area contributed by atoms with E-state index < -0.39 is 0 Å². The first-order chi connectivity index (χ1) is 12.0. The lowest BCUT2D eigenvalue weighted by atomic mass is 10.1. The van der Waals surface area contributed by atoms with Crippen LogP contribution in [0.15, 0.2) is 53.5 Å². The van der Waals surface area contributed by atoms with Crippen LogP contribution in [0.25, 0.3) is 0 Å². The number of hydrogen-bond donors (Lipinski definition) is 2. The molecular weight excluding hydrogens is 319 g/mol. The highest BCUT2D eigenvalue weighted by Gasteiger charge is 2.07. The fourth-order valence-electron chi connectivity index (χ4n) is 2.25. The second-order valence-corrected chi connectivity index (χ2v) is 5.77. The molecule has 0 aromatic heterocycles. The summed E-state index contributed by atoms with van der Waals surface area (Å²) in [6, 6.07) is 14.0. The van der Waals surface area contributed by atoms with E-state index in [2.05, 4.69) is 15.6 Å². The van der Waals surface area contributed by atoms with Crippen LogP contribution in [0.1, 0.15) is 21.5 Å². The maximum absolute atomic E-state index is 13.6. The third-order valence-electron chi connectivity index (χ3n) is 3.69. The lowest BCUT2D eigenvalue weighted by molar-refractivity contribution is 0.0827. The monoisotopic (exact) mass is 342 g/mol. The van der Waals surface area contributed by atoms with Crippen molar-refractivity contribution in [3.63, 3.8) is 0 Å². The molecular formula is C19H23FN4O. The molecule has 0 aliphatic rings. The van der Waals surface area contributed by atoms with E-state index >= 15 is 0 Å². The fourth-order valence-corrected chi connectivity index (χ4v) is 2.25. The zero-order valence-electron chi connectivity index (χ0n) is 14.7. The molecule has 0 saturated heterocycles. The Balaban J connectivity index is 1.88. The van der Waals surface area contributed by atoms with E-state index in [1.165, 1.54) is 6.07 Å². The Kier molecular flexibility index (Phi) is 6.51. The van der Waals surface area contributed by atoms with E-state index in [1.54, 1.807) is 56.4 Å². The number of benzene rings is 2. The van der Waals surface area contributed by atoms with Crippen molar-refractivity contribution >= 4 is 11.9 Å². The van der Waals surface area contributed by atoms with E-state index in [-0.39, 0.29) is 11.7 Å². The molecule has 0 bridgehead atoms. The normalized spacial score (nSPS) is 11.1. The average Bonchev–Trinajstić information content (AvgIpc) is 2.63. The first-order valence-corrected chi connectivity index (χ1v) is 7.99. The van der Waals surface area contributed by atoms with Crippen LogP contribution in [-0.2, 0) is 13.1 Å². The van der Waals surface area contributed by atoms with Crippen LogP contribution in [0, 0.1) is 5.82 Å². The molecule has 0 fully saturated rings. The lowest BCUT2D eigenvalue weighted by Gasteiger charge is -2.13. The predicted octanol–water partition coefficient (Wildman–Crippen LogP) is 2.39. The third-order valence-corrected chi connectivity index (χ3v) is 3.69. The van der Waals surface area contributed by atoms with Gasteiger partial charge < -0.3 is 15.5 Å². The second kappa shape index (κ2) is 8.82. The number of halogens is 1. The van der Waals surface area contributed by atoms with Gasteiger partial charge in [0.1, 0.15) is 5.82 Å². The Labute approximate surface area is 147 Å². The number of nitrogens with one attached hydrogen (secondary N) is 2. The summed E-state index contributed by atoms with van der Waals surface area (Å²) < 4.78 is 13.6. The number of aliphatic imine (C=N–C) groups is 1. The summed E-state index contributed by atoms with van der Waals surface area (Å²) in [5, 5.41) is 6.25. The zero-order valence-corrected chi connectivity index (χ0v) is 14.7. The smallest absolute Gasteiger partial charge is 0.253 e. The topological polar surface area (TPSA) is 56.7 Å². The molecule has 0 atom stereocenters. The average molecular weight is 342 g/mol.